The summed E-state index contributed by atoms with van der Waals surface area (Å²) in [5.41, 5.74) is 0. The third-order valence-electron chi connectivity index (χ3n) is 3.65. The fraction of sp³-hybridized carbons (Fsp3) is 0.850. The highest BCUT2D eigenvalue weighted by molar-refractivity contribution is 5.66. The summed E-state index contributed by atoms with van der Waals surface area (Å²) in [5.74, 6) is -0.664. The van der Waals surface area contributed by atoms with Crippen LogP contribution in [0, 0.1) is 5.21 Å². The molecule has 2 N–H and O–H groups in total. The molecule has 4 heteroatoms. The van der Waals surface area contributed by atoms with E-state index < -0.39 is 5.97 Å². The van der Waals surface area contributed by atoms with Crippen molar-refractivity contribution in [1.29, 1.82) is 0 Å². The van der Waals surface area contributed by atoms with Crippen LogP contribution in [0.1, 0.15) is 96.8 Å². The lowest BCUT2D eigenvalue weighted by molar-refractivity contribution is -0.802. The number of hydrogen-bond donors (Lipinski definition) is 2. The van der Waals surface area contributed by atoms with Crippen molar-refractivity contribution in [1.82, 2.24) is 0 Å². The summed E-state index contributed by atoms with van der Waals surface area (Å²) >= 11 is 0. The van der Waals surface area contributed by atoms with Gasteiger partial charge in [-0.1, -0.05) is 70.4 Å². The number of unbranched alkanes of at least 4 members (excludes halogenated alkanes) is 11. The van der Waals surface area contributed by atoms with E-state index in [-0.39, 0.29) is 5.06 Å². The predicted octanol–water partition coefficient (Wildman–Crippen LogP) is 4.74. The Morgan fingerprint density at radius 2 is 1.21 bits per heavy atom. The normalized spacial score (nSPS) is 10.9. The number of aliphatic carboxylic acids is 1. The van der Waals surface area contributed by atoms with Gasteiger partial charge in [0.25, 0.3) is 0 Å². The molecule has 4 nitrogen and oxygen atoms in total. The Balaban J connectivity index is 0. The summed E-state index contributed by atoms with van der Waals surface area (Å²) < 4.78 is 0. The Morgan fingerprint density at radius 1 is 0.833 bits per heavy atom. The second-order valence-corrected chi connectivity index (χ2v) is 6.64. The van der Waals surface area contributed by atoms with Gasteiger partial charge in [0.05, 0.1) is 14.1 Å². The van der Waals surface area contributed by atoms with Gasteiger partial charge in [-0.3, -0.25) is 4.79 Å². The molecule has 0 amide bonds. The van der Waals surface area contributed by atoms with Crippen molar-refractivity contribution in [3.05, 3.63) is 17.4 Å². The molecule has 0 heterocycles. The highest BCUT2D eigenvalue weighted by atomic mass is 16.5. The molecule has 0 aliphatic carbocycles. The molecule has 24 heavy (non-hydrogen) atoms. The molecule has 0 saturated heterocycles. The molecule has 144 valence electrons. The van der Waals surface area contributed by atoms with Crippen molar-refractivity contribution in [2.45, 2.75) is 96.8 Å². The zero-order valence-corrected chi connectivity index (χ0v) is 16.3. The maximum atomic E-state index is 10.3. The van der Waals surface area contributed by atoms with Crippen LogP contribution >= 0.6 is 0 Å². The van der Waals surface area contributed by atoms with Crippen LogP contribution in [0.2, 0.25) is 0 Å². The van der Waals surface area contributed by atoms with E-state index in [1.54, 1.807) is 0 Å². The minimum absolute atomic E-state index is 0.167. The predicted molar refractivity (Wildman–Crippen MR) is 103 cm³/mol. The summed E-state index contributed by atoms with van der Waals surface area (Å²) in [4.78, 5) is 10.3. The number of hydroxylamine groups is 2. The summed E-state index contributed by atoms with van der Waals surface area (Å²) in [7, 11) is 3.06. The molecule has 0 spiro atoms. The van der Waals surface area contributed by atoms with Gasteiger partial charge in [0.2, 0.25) is 0 Å². The lowest BCUT2D eigenvalue weighted by atomic mass is 10.1. The fourth-order valence-corrected chi connectivity index (χ4v) is 2.35. The number of quaternary nitrogens is 1. The molecule has 0 aliphatic rings. The van der Waals surface area contributed by atoms with Crippen molar-refractivity contribution in [2.75, 3.05) is 14.1 Å². The number of carbonyl (C=O) groups is 1. The molecular formula is C20H41NO3. The van der Waals surface area contributed by atoms with E-state index in [1.165, 1.54) is 84.7 Å². The highest BCUT2D eigenvalue weighted by Crippen LogP contribution is 2.09. The van der Waals surface area contributed by atoms with Gasteiger partial charge in [-0.2, -0.15) is 0 Å². The minimum Gasteiger partial charge on any atom is -0.635 e. The molecule has 0 unspecified atom stereocenters. The van der Waals surface area contributed by atoms with Crippen LogP contribution in [-0.2, 0) is 4.79 Å². The van der Waals surface area contributed by atoms with Crippen LogP contribution < -0.4 is 5.06 Å². The Morgan fingerprint density at radius 3 is 1.62 bits per heavy atom. The third kappa shape index (κ3) is 32.9. The molecule has 0 aliphatic heterocycles. The van der Waals surface area contributed by atoms with E-state index in [2.05, 4.69) is 19.1 Å². The fourth-order valence-electron chi connectivity index (χ4n) is 2.35. The highest BCUT2D eigenvalue weighted by Gasteiger charge is 1.95. The van der Waals surface area contributed by atoms with Gasteiger partial charge in [-0.05, 0) is 32.1 Å². The number of rotatable bonds is 15. The quantitative estimate of drug-likeness (QED) is 0.256. The van der Waals surface area contributed by atoms with Crippen molar-refractivity contribution in [2.24, 2.45) is 0 Å². The summed E-state index contributed by atoms with van der Waals surface area (Å²) in [6.45, 7) is 2.26. The lowest BCUT2D eigenvalue weighted by Crippen LogP contribution is -3.00. The van der Waals surface area contributed by atoms with Crippen molar-refractivity contribution >= 4 is 5.97 Å². The zero-order chi connectivity index (χ0) is 18.5. The lowest BCUT2D eigenvalue weighted by Gasteiger charge is -2.04. The van der Waals surface area contributed by atoms with E-state index in [0.717, 1.165) is 12.8 Å². The van der Waals surface area contributed by atoms with E-state index in [4.69, 9.17) is 5.11 Å². The number of nitrogens with one attached hydrogen (secondary N) is 1. The van der Waals surface area contributed by atoms with Crippen molar-refractivity contribution in [3.63, 3.8) is 0 Å². The topological polar surface area (TPSA) is 64.8 Å². The molecule has 0 saturated carbocycles. The van der Waals surface area contributed by atoms with E-state index in [1.807, 2.05) is 0 Å². The first kappa shape index (κ1) is 25.4. The van der Waals surface area contributed by atoms with Crippen LogP contribution in [0.3, 0.4) is 0 Å². The van der Waals surface area contributed by atoms with Crippen molar-refractivity contribution < 1.29 is 15.0 Å². The van der Waals surface area contributed by atoms with Crippen LogP contribution in [-0.4, -0.2) is 25.2 Å². The average Bonchev–Trinajstić information content (AvgIpc) is 2.50. The molecule has 0 radical (unpaired) electrons. The SMILES string of the molecule is CCCCCCCC/C=C\CCCCCCCC(=O)O.C[NH+](C)[O-]. The maximum absolute atomic E-state index is 10.3. The first-order valence-electron chi connectivity index (χ1n) is 9.84. The van der Waals surface area contributed by atoms with Crippen molar-refractivity contribution in [3.8, 4) is 0 Å². The Kier molecular flexibility index (Phi) is 23.4. The second kappa shape index (κ2) is 22.1. The van der Waals surface area contributed by atoms with Crippen LogP contribution in [0.4, 0.5) is 0 Å². The van der Waals surface area contributed by atoms with Gasteiger partial charge >= 0.3 is 5.97 Å². The van der Waals surface area contributed by atoms with E-state index >= 15 is 0 Å². The van der Waals surface area contributed by atoms with Gasteiger partial charge in [-0.25, -0.2) is 0 Å². The van der Waals surface area contributed by atoms with Gasteiger partial charge in [0, 0.05) is 6.42 Å². The smallest absolute Gasteiger partial charge is 0.303 e. The largest absolute Gasteiger partial charge is 0.635 e. The van der Waals surface area contributed by atoms with Crippen LogP contribution in [0.25, 0.3) is 0 Å². The molecular weight excluding hydrogens is 302 g/mol. The number of carboxylic acids is 1. The standard InChI is InChI=1S/C18H34O2.C2H7NO/c1-2-3-4-5-6-7-8-9-10-11-12-13-14-15-16-17-18(19)20;1-3(2)4/h9-10H,2-8,11-17H2,1H3,(H,19,20);3H,1-2H3/b10-9-;. The average molecular weight is 344 g/mol. The monoisotopic (exact) mass is 343 g/mol. The molecule has 0 bridgehead atoms. The number of hydrogen-bond acceptors (Lipinski definition) is 2. The van der Waals surface area contributed by atoms with Gasteiger partial charge in [0.1, 0.15) is 0 Å². The third-order valence-corrected chi connectivity index (χ3v) is 3.65. The zero-order valence-electron chi connectivity index (χ0n) is 16.3. The van der Waals surface area contributed by atoms with Crippen LogP contribution in [0.5, 0.6) is 0 Å². The Bertz CT molecular complexity index is 275. The molecule has 0 aromatic heterocycles. The summed E-state index contributed by atoms with van der Waals surface area (Å²) in [6.07, 6.45) is 21.2. The van der Waals surface area contributed by atoms with Gasteiger partial charge in [0.15, 0.2) is 0 Å². The number of carboxylic acid groups (broad SMARTS) is 1. The van der Waals surface area contributed by atoms with Gasteiger partial charge < -0.3 is 15.4 Å². The molecule has 0 rings (SSSR count). The second-order valence-electron chi connectivity index (χ2n) is 6.64. The molecule has 0 aromatic carbocycles. The molecule has 0 atom stereocenters. The minimum atomic E-state index is -0.664. The first-order chi connectivity index (χ1) is 11.5. The molecule has 0 aromatic rings. The Labute approximate surface area is 149 Å². The van der Waals surface area contributed by atoms with E-state index in [9.17, 15) is 10.0 Å². The molecule has 0 fully saturated rings. The van der Waals surface area contributed by atoms with E-state index in [0.29, 0.717) is 6.42 Å². The van der Waals surface area contributed by atoms with Gasteiger partial charge in [-0.15, -0.1) is 0 Å². The number of allylic oxidation sites excluding steroid dienone is 2. The summed E-state index contributed by atoms with van der Waals surface area (Å²) in [6, 6.07) is 0. The first-order valence-corrected chi connectivity index (χ1v) is 9.84. The Hall–Kier alpha value is -0.870. The summed E-state index contributed by atoms with van der Waals surface area (Å²) in [5, 5.41) is 18.1. The van der Waals surface area contributed by atoms with Crippen LogP contribution in [0.15, 0.2) is 12.2 Å². The maximum Gasteiger partial charge on any atom is 0.303 e.